The van der Waals surface area contributed by atoms with Gasteiger partial charge in [0.15, 0.2) is 16.7 Å². The molecule has 0 saturated carbocycles. The first-order valence-electron chi connectivity index (χ1n) is 7.40. The van der Waals surface area contributed by atoms with Crippen LogP contribution >= 0.6 is 23.4 Å². The summed E-state index contributed by atoms with van der Waals surface area (Å²) in [4.78, 5) is 0. The standard InChI is InChI=1S/C16H14ClN3O3S/c17-13-6-11(7-14-15(13)23-5-4-22-14)9-24-16-19-18-10-20(16)8-12-2-1-3-21-12/h1-3,6-7,10H,4-5,8-9H2. The van der Waals surface area contributed by atoms with Crippen LogP contribution in [0.4, 0.5) is 0 Å². The zero-order valence-corrected chi connectivity index (χ0v) is 14.2. The zero-order valence-electron chi connectivity index (χ0n) is 12.6. The second kappa shape index (κ2) is 6.78. The lowest BCUT2D eigenvalue weighted by Gasteiger charge is -2.20. The summed E-state index contributed by atoms with van der Waals surface area (Å²) in [7, 11) is 0. The number of nitrogens with zero attached hydrogens (tertiary/aromatic N) is 3. The highest BCUT2D eigenvalue weighted by atomic mass is 35.5. The number of hydrogen-bond acceptors (Lipinski definition) is 6. The largest absolute Gasteiger partial charge is 0.486 e. The molecule has 8 heteroatoms. The van der Waals surface area contributed by atoms with Gasteiger partial charge in [0, 0.05) is 5.75 Å². The molecule has 0 atom stereocenters. The van der Waals surface area contributed by atoms with E-state index < -0.39 is 0 Å². The number of rotatable bonds is 5. The maximum Gasteiger partial charge on any atom is 0.191 e. The van der Waals surface area contributed by atoms with Gasteiger partial charge in [0.2, 0.25) is 0 Å². The van der Waals surface area contributed by atoms with Crippen molar-refractivity contribution in [1.29, 1.82) is 0 Å². The molecule has 0 unspecified atom stereocenters. The normalized spacial score (nSPS) is 13.2. The number of fused-ring (bicyclic) bond motifs is 1. The van der Waals surface area contributed by atoms with E-state index in [-0.39, 0.29) is 0 Å². The highest BCUT2D eigenvalue weighted by Crippen LogP contribution is 2.39. The van der Waals surface area contributed by atoms with Crippen molar-refractivity contribution in [2.45, 2.75) is 17.5 Å². The number of benzene rings is 1. The maximum absolute atomic E-state index is 6.27. The molecule has 0 bridgehead atoms. The van der Waals surface area contributed by atoms with Gasteiger partial charge in [0.1, 0.15) is 25.3 Å². The first-order valence-corrected chi connectivity index (χ1v) is 8.77. The minimum absolute atomic E-state index is 0.525. The molecule has 6 nitrogen and oxygen atoms in total. The van der Waals surface area contributed by atoms with Crippen molar-refractivity contribution in [2.24, 2.45) is 0 Å². The van der Waals surface area contributed by atoms with Gasteiger partial charge in [-0.15, -0.1) is 10.2 Å². The van der Waals surface area contributed by atoms with Crippen LogP contribution in [-0.4, -0.2) is 28.0 Å². The quantitative estimate of drug-likeness (QED) is 0.645. The van der Waals surface area contributed by atoms with E-state index in [0.717, 1.165) is 16.5 Å². The SMILES string of the molecule is Clc1cc(CSc2nncn2Cc2ccco2)cc2c1OCCO2. The van der Waals surface area contributed by atoms with Crippen LogP contribution in [0.3, 0.4) is 0 Å². The van der Waals surface area contributed by atoms with Gasteiger partial charge in [-0.3, -0.25) is 0 Å². The summed E-state index contributed by atoms with van der Waals surface area (Å²) in [6.07, 6.45) is 3.35. The summed E-state index contributed by atoms with van der Waals surface area (Å²) in [5.41, 5.74) is 1.04. The van der Waals surface area contributed by atoms with Crippen LogP contribution in [-0.2, 0) is 12.3 Å². The Labute approximate surface area is 147 Å². The first-order chi connectivity index (χ1) is 11.8. The Morgan fingerprint density at radius 2 is 2.17 bits per heavy atom. The molecule has 0 fully saturated rings. The highest BCUT2D eigenvalue weighted by molar-refractivity contribution is 7.98. The number of ether oxygens (including phenoxy) is 2. The van der Waals surface area contributed by atoms with E-state index in [9.17, 15) is 0 Å². The van der Waals surface area contributed by atoms with Gasteiger partial charge < -0.3 is 18.5 Å². The second-order valence-electron chi connectivity index (χ2n) is 5.21. The van der Waals surface area contributed by atoms with Gasteiger partial charge in [-0.2, -0.15) is 0 Å². The lowest BCUT2D eigenvalue weighted by Crippen LogP contribution is -2.15. The van der Waals surface area contributed by atoms with E-state index in [2.05, 4.69) is 10.2 Å². The van der Waals surface area contributed by atoms with Crippen LogP contribution in [0.15, 0.2) is 46.4 Å². The average Bonchev–Trinajstić information content (AvgIpc) is 3.25. The average molecular weight is 364 g/mol. The van der Waals surface area contributed by atoms with Gasteiger partial charge in [0.25, 0.3) is 0 Å². The van der Waals surface area contributed by atoms with Crippen LogP contribution in [0.2, 0.25) is 5.02 Å². The van der Waals surface area contributed by atoms with Gasteiger partial charge in [0.05, 0.1) is 17.8 Å². The summed E-state index contributed by atoms with van der Waals surface area (Å²) in [6.45, 7) is 1.67. The van der Waals surface area contributed by atoms with Gasteiger partial charge in [-0.1, -0.05) is 23.4 Å². The summed E-state index contributed by atoms with van der Waals surface area (Å²) < 4.78 is 18.5. The van der Waals surface area contributed by atoms with Crippen molar-refractivity contribution < 1.29 is 13.9 Å². The lowest BCUT2D eigenvalue weighted by molar-refractivity contribution is 0.171. The molecule has 1 aliphatic heterocycles. The molecule has 24 heavy (non-hydrogen) atoms. The van der Waals surface area contributed by atoms with Crippen molar-refractivity contribution in [1.82, 2.24) is 14.8 Å². The summed E-state index contributed by atoms with van der Waals surface area (Å²) in [5, 5.41) is 9.54. The topological polar surface area (TPSA) is 62.3 Å². The van der Waals surface area contributed by atoms with Gasteiger partial charge >= 0.3 is 0 Å². The third-order valence-corrected chi connectivity index (χ3v) is 4.84. The molecular formula is C16H14ClN3O3S. The van der Waals surface area contributed by atoms with Crippen molar-refractivity contribution in [3.8, 4) is 11.5 Å². The molecular weight excluding hydrogens is 350 g/mol. The third-order valence-electron chi connectivity index (χ3n) is 3.51. The Balaban J connectivity index is 1.48. The molecule has 0 amide bonds. The predicted octanol–water partition coefficient (Wildman–Crippen LogP) is 3.64. The maximum atomic E-state index is 6.27. The van der Waals surface area contributed by atoms with E-state index >= 15 is 0 Å². The van der Waals surface area contributed by atoms with Crippen molar-refractivity contribution >= 4 is 23.4 Å². The summed E-state index contributed by atoms with van der Waals surface area (Å²) >= 11 is 7.85. The monoisotopic (exact) mass is 363 g/mol. The third kappa shape index (κ3) is 3.22. The smallest absolute Gasteiger partial charge is 0.191 e. The van der Waals surface area contributed by atoms with E-state index in [1.807, 2.05) is 28.8 Å². The number of thioether (sulfide) groups is 1. The Kier molecular flexibility index (Phi) is 4.36. The van der Waals surface area contributed by atoms with Crippen LogP contribution in [0, 0.1) is 0 Å². The predicted molar refractivity (Wildman–Crippen MR) is 89.8 cm³/mol. The highest BCUT2D eigenvalue weighted by Gasteiger charge is 2.17. The van der Waals surface area contributed by atoms with E-state index in [1.165, 1.54) is 0 Å². The molecule has 3 aromatic rings. The minimum atomic E-state index is 0.525. The van der Waals surface area contributed by atoms with Crippen LogP contribution in [0.1, 0.15) is 11.3 Å². The van der Waals surface area contributed by atoms with Crippen molar-refractivity contribution in [3.05, 3.63) is 53.2 Å². The number of furan rings is 1. The Hall–Kier alpha value is -2.12. The zero-order chi connectivity index (χ0) is 16.4. The van der Waals surface area contributed by atoms with E-state index in [4.69, 9.17) is 25.5 Å². The molecule has 0 N–H and O–H groups in total. The van der Waals surface area contributed by atoms with Crippen LogP contribution in [0.5, 0.6) is 11.5 Å². The van der Waals surface area contributed by atoms with Gasteiger partial charge in [-0.05, 0) is 29.8 Å². The first kappa shape index (κ1) is 15.4. The lowest BCUT2D eigenvalue weighted by atomic mass is 10.2. The van der Waals surface area contributed by atoms with Gasteiger partial charge in [-0.25, -0.2) is 0 Å². The molecule has 0 spiro atoms. The molecule has 1 aromatic carbocycles. The minimum Gasteiger partial charge on any atom is -0.486 e. The van der Waals surface area contributed by atoms with E-state index in [0.29, 0.717) is 42.0 Å². The molecule has 0 saturated heterocycles. The van der Waals surface area contributed by atoms with E-state index in [1.54, 1.807) is 24.4 Å². The number of halogens is 1. The second-order valence-corrected chi connectivity index (χ2v) is 6.56. The molecule has 0 aliphatic carbocycles. The fourth-order valence-electron chi connectivity index (χ4n) is 2.43. The molecule has 124 valence electrons. The molecule has 1 aliphatic rings. The molecule has 2 aromatic heterocycles. The van der Waals surface area contributed by atoms with Crippen molar-refractivity contribution in [3.63, 3.8) is 0 Å². The molecule has 4 rings (SSSR count). The summed E-state index contributed by atoms with van der Waals surface area (Å²) in [5.74, 6) is 2.88. The van der Waals surface area contributed by atoms with Crippen LogP contribution < -0.4 is 9.47 Å². The summed E-state index contributed by atoms with van der Waals surface area (Å²) in [6, 6.07) is 7.65. The number of aromatic nitrogens is 3. The Morgan fingerprint density at radius 3 is 3.04 bits per heavy atom. The number of hydrogen-bond donors (Lipinski definition) is 0. The molecule has 3 heterocycles. The fourth-order valence-corrected chi connectivity index (χ4v) is 3.56. The fraction of sp³-hybridized carbons (Fsp3) is 0.250. The Bertz CT molecular complexity index is 835. The van der Waals surface area contributed by atoms with Crippen LogP contribution in [0.25, 0.3) is 0 Å². The Morgan fingerprint density at radius 1 is 1.25 bits per heavy atom. The van der Waals surface area contributed by atoms with Crippen molar-refractivity contribution in [2.75, 3.05) is 13.2 Å². The molecule has 0 radical (unpaired) electrons.